The van der Waals surface area contributed by atoms with E-state index in [0.717, 1.165) is 21.1 Å². The Balaban J connectivity index is 1.65. The first kappa shape index (κ1) is 18.9. The molecule has 0 spiro atoms. The highest BCUT2D eigenvalue weighted by Crippen LogP contribution is 2.34. The van der Waals surface area contributed by atoms with Crippen LogP contribution in [0.4, 0.5) is 0 Å². The number of carbonyl (C=O) groups excluding carboxylic acids is 1. The average Bonchev–Trinajstić information content (AvgIpc) is 3.04. The molecule has 1 unspecified atom stereocenters. The Morgan fingerprint density at radius 1 is 1.03 bits per heavy atom. The van der Waals surface area contributed by atoms with Crippen LogP contribution < -0.4 is 14.9 Å². The molecule has 0 aliphatic carbocycles. The monoisotopic (exact) mass is 463 g/mol. The smallest absolute Gasteiger partial charge is 0.618 e. The summed E-state index contributed by atoms with van der Waals surface area (Å²) in [6.45, 7) is -2.22. The van der Waals surface area contributed by atoms with Crippen LogP contribution >= 0.6 is 15.9 Å². The summed E-state index contributed by atoms with van der Waals surface area (Å²) >= 11 is 3.47. The standard InChI is InChI=1S/C23H19BBrNO4/c1-28-20-12-7-17-15-26-21(13-16-5-3-2-4-6-16)23(27)30-24(26,29-22(17)14-20)18-8-10-19(25)11-9-18/h2-12,14-15,21H,13H2,1H3/t21-,24?/m0/s1. The predicted octanol–water partition coefficient (Wildman–Crippen LogP) is 3.30. The Kier molecular flexibility index (Phi) is 4.63. The lowest BCUT2D eigenvalue weighted by molar-refractivity contribution is -0.432. The van der Waals surface area contributed by atoms with Crippen molar-refractivity contribution in [3.8, 4) is 11.5 Å². The third-order valence-corrected chi connectivity index (χ3v) is 6.19. The van der Waals surface area contributed by atoms with Crippen molar-refractivity contribution in [2.75, 3.05) is 7.11 Å². The molecule has 1 saturated heterocycles. The first-order valence-corrected chi connectivity index (χ1v) is 10.6. The molecule has 2 aliphatic rings. The minimum atomic E-state index is -2.22. The second-order valence-electron chi connectivity index (χ2n) is 7.46. The van der Waals surface area contributed by atoms with Gasteiger partial charge in [-0.1, -0.05) is 70.5 Å². The summed E-state index contributed by atoms with van der Waals surface area (Å²) in [4.78, 5) is 13.1. The van der Waals surface area contributed by atoms with Crippen LogP contribution in [0.5, 0.6) is 11.5 Å². The second kappa shape index (κ2) is 7.33. The largest absolute Gasteiger partial charge is 0.682 e. The Morgan fingerprint density at radius 2 is 1.80 bits per heavy atom. The molecule has 0 bridgehead atoms. The van der Waals surface area contributed by atoms with Crippen molar-refractivity contribution in [3.63, 3.8) is 0 Å². The highest BCUT2D eigenvalue weighted by molar-refractivity contribution is 9.10. The average molecular weight is 464 g/mol. The highest BCUT2D eigenvalue weighted by atomic mass is 79.9. The van der Waals surface area contributed by atoms with E-state index >= 15 is 0 Å². The van der Waals surface area contributed by atoms with Crippen molar-refractivity contribution >= 4 is 40.3 Å². The molecule has 150 valence electrons. The van der Waals surface area contributed by atoms with Crippen LogP contribution in [-0.4, -0.2) is 36.5 Å². The Labute approximate surface area is 183 Å². The Morgan fingerprint density at radius 3 is 2.53 bits per heavy atom. The van der Waals surface area contributed by atoms with Gasteiger partial charge in [-0.2, -0.15) is 0 Å². The van der Waals surface area contributed by atoms with Gasteiger partial charge >= 0.3 is 12.7 Å². The molecule has 2 atom stereocenters. The lowest BCUT2D eigenvalue weighted by atomic mass is 9.62. The first-order chi connectivity index (χ1) is 14.6. The molecular formula is C23H19BBrNO4. The van der Waals surface area contributed by atoms with Crippen LogP contribution in [0.2, 0.25) is 0 Å². The van der Waals surface area contributed by atoms with Crippen LogP contribution in [0, 0.1) is 0 Å². The fourth-order valence-corrected chi connectivity index (χ4v) is 4.42. The summed E-state index contributed by atoms with van der Waals surface area (Å²) in [5, 5.41) is 0. The third kappa shape index (κ3) is 3.10. The van der Waals surface area contributed by atoms with Crippen molar-refractivity contribution in [2.24, 2.45) is 0 Å². The fourth-order valence-electron chi connectivity index (χ4n) is 4.15. The first-order valence-electron chi connectivity index (χ1n) is 9.76. The van der Waals surface area contributed by atoms with Crippen LogP contribution in [0.1, 0.15) is 11.1 Å². The molecule has 30 heavy (non-hydrogen) atoms. The zero-order chi connectivity index (χ0) is 20.7. The minimum absolute atomic E-state index is 0.294. The number of carbonyl (C=O) groups is 1. The van der Waals surface area contributed by atoms with Crippen molar-refractivity contribution in [1.29, 1.82) is 0 Å². The molecule has 0 amide bonds. The number of fused-ring (bicyclic) bond motifs is 2. The van der Waals surface area contributed by atoms with E-state index in [-0.39, 0.29) is 5.97 Å². The molecule has 2 aliphatic heterocycles. The van der Waals surface area contributed by atoms with E-state index in [1.807, 2.05) is 83.5 Å². The summed E-state index contributed by atoms with van der Waals surface area (Å²) in [5.41, 5.74) is 2.74. The zero-order valence-electron chi connectivity index (χ0n) is 16.3. The number of ether oxygens (including phenoxy) is 1. The number of methoxy groups -OCH3 is 1. The van der Waals surface area contributed by atoms with Crippen LogP contribution in [-0.2, 0) is 15.9 Å². The van der Waals surface area contributed by atoms with E-state index in [2.05, 4.69) is 15.9 Å². The molecule has 3 aromatic carbocycles. The molecule has 0 radical (unpaired) electrons. The van der Waals surface area contributed by atoms with Gasteiger partial charge in [-0.05, 0) is 23.2 Å². The molecule has 5 nitrogen and oxygen atoms in total. The number of halogens is 1. The van der Waals surface area contributed by atoms with Gasteiger partial charge in [0, 0.05) is 17.0 Å². The third-order valence-electron chi connectivity index (χ3n) is 5.66. The summed E-state index contributed by atoms with van der Waals surface area (Å²) in [5.74, 6) is 1.02. The van der Waals surface area contributed by atoms with E-state index in [1.165, 1.54) is 0 Å². The summed E-state index contributed by atoms with van der Waals surface area (Å²) in [6, 6.07) is 22.8. The Bertz CT molecular complexity index is 1150. The van der Waals surface area contributed by atoms with Gasteiger partial charge in [0.05, 0.1) is 18.4 Å². The molecule has 2 heterocycles. The molecule has 0 saturated carbocycles. The van der Waals surface area contributed by atoms with E-state index < -0.39 is 12.7 Å². The maximum absolute atomic E-state index is 13.1. The van der Waals surface area contributed by atoms with Crippen molar-refractivity contribution in [2.45, 2.75) is 12.5 Å². The zero-order valence-corrected chi connectivity index (χ0v) is 17.9. The number of hydrogen-bond acceptors (Lipinski definition) is 4. The molecule has 7 heteroatoms. The van der Waals surface area contributed by atoms with E-state index in [0.29, 0.717) is 17.9 Å². The van der Waals surface area contributed by atoms with Gasteiger partial charge in [0.1, 0.15) is 12.0 Å². The van der Waals surface area contributed by atoms with Gasteiger partial charge in [-0.3, -0.25) is 0 Å². The fraction of sp³-hybridized carbons (Fsp3) is 0.130. The SMILES string of the molecule is COc1ccc2c(c1)O[B-]1(c3ccc(Br)cc3)OC(=O)[C@H](Cc3ccccc3)[N+]1=C2. The second-order valence-corrected chi connectivity index (χ2v) is 8.38. The quantitative estimate of drug-likeness (QED) is 0.557. The minimum Gasteiger partial charge on any atom is -0.618 e. The molecule has 0 aromatic heterocycles. The van der Waals surface area contributed by atoms with E-state index in [4.69, 9.17) is 14.0 Å². The van der Waals surface area contributed by atoms with Gasteiger partial charge in [0.2, 0.25) is 6.04 Å². The van der Waals surface area contributed by atoms with E-state index in [1.54, 1.807) is 7.11 Å². The lowest BCUT2D eigenvalue weighted by Gasteiger charge is -2.35. The molecule has 3 aromatic rings. The van der Waals surface area contributed by atoms with Crippen molar-refractivity contribution in [1.82, 2.24) is 0 Å². The Hall–Kier alpha value is -3.06. The summed E-state index contributed by atoms with van der Waals surface area (Å²) in [6.07, 6.45) is 2.50. The molecule has 0 N–H and O–H groups in total. The number of nitrogens with zero attached hydrogens (tertiary/aromatic N) is 1. The van der Waals surface area contributed by atoms with Crippen LogP contribution in [0.25, 0.3) is 0 Å². The van der Waals surface area contributed by atoms with Gasteiger partial charge in [0.25, 0.3) is 0 Å². The normalized spacial score (nSPS) is 21.7. The van der Waals surface area contributed by atoms with Crippen molar-refractivity contribution < 1.29 is 23.3 Å². The predicted molar refractivity (Wildman–Crippen MR) is 119 cm³/mol. The van der Waals surface area contributed by atoms with Crippen molar-refractivity contribution in [3.05, 3.63) is 88.4 Å². The number of benzene rings is 3. The van der Waals surface area contributed by atoms with Gasteiger partial charge in [-0.15, -0.1) is 0 Å². The lowest BCUT2D eigenvalue weighted by Crippen LogP contribution is -2.64. The highest BCUT2D eigenvalue weighted by Gasteiger charge is 2.61. The van der Waals surface area contributed by atoms with Crippen LogP contribution in [0.3, 0.4) is 0 Å². The maximum Gasteiger partial charge on any atom is 0.682 e. The summed E-state index contributed by atoms with van der Waals surface area (Å²) < 4.78 is 20.7. The molecule has 5 rings (SSSR count). The molecular weight excluding hydrogens is 445 g/mol. The summed E-state index contributed by atoms with van der Waals surface area (Å²) in [7, 11) is 1.61. The maximum atomic E-state index is 13.1. The van der Waals surface area contributed by atoms with Crippen LogP contribution in [0.15, 0.2) is 77.3 Å². The molecule has 1 fully saturated rings. The topological polar surface area (TPSA) is 47.8 Å². The van der Waals surface area contributed by atoms with Gasteiger partial charge in [0.15, 0.2) is 0 Å². The van der Waals surface area contributed by atoms with Gasteiger partial charge < -0.3 is 18.5 Å². The number of rotatable bonds is 4. The van der Waals surface area contributed by atoms with Gasteiger partial charge in [-0.25, -0.2) is 4.79 Å². The van der Waals surface area contributed by atoms with E-state index in [9.17, 15) is 4.79 Å². The number of hydrogen-bond donors (Lipinski definition) is 0.